The number of rotatable bonds is 9. The van der Waals surface area contributed by atoms with Crippen molar-refractivity contribution in [3.8, 4) is 0 Å². The molecule has 29 heavy (non-hydrogen) atoms. The molecule has 1 saturated heterocycles. The van der Waals surface area contributed by atoms with Crippen molar-refractivity contribution in [1.82, 2.24) is 30.1 Å². The second-order valence-corrected chi connectivity index (χ2v) is 7.94. The summed E-state index contributed by atoms with van der Waals surface area (Å²) in [7, 11) is 0. The summed E-state index contributed by atoms with van der Waals surface area (Å²) in [4.78, 5) is 7.23. The Morgan fingerprint density at radius 3 is 3.03 bits per heavy atom. The molecule has 0 radical (unpaired) electrons. The highest BCUT2D eigenvalue weighted by Gasteiger charge is 2.20. The van der Waals surface area contributed by atoms with Gasteiger partial charge in [0.2, 0.25) is 0 Å². The van der Waals surface area contributed by atoms with Gasteiger partial charge in [0.25, 0.3) is 0 Å². The maximum atomic E-state index is 5.91. The van der Waals surface area contributed by atoms with Gasteiger partial charge in [-0.05, 0) is 31.4 Å². The number of hydrogen-bond donors (Lipinski definition) is 2. The quantitative estimate of drug-likeness (QED) is 0.377. The second kappa shape index (κ2) is 11.1. The number of ether oxygens (including phenoxy) is 1. The Morgan fingerprint density at radius 1 is 1.31 bits per heavy atom. The molecule has 3 rings (SSSR count). The van der Waals surface area contributed by atoms with Gasteiger partial charge < -0.3 is 15.4 Å². The SMILES string of the molecule is CCNC(=NCC1CN(CC(C)C)CCO1)NCCCc1nnc2ccccn12. The molecule has 3 heterocycles. The van der Waals surface area contributed by atoms with Gasteiger partial charge in [0.1, 0.15) is 5.82 Å². The zero-order valence-corrected chi connectivity index (χ0v) is 18.0. The van der Waals surface area contributed by atoms with Crippen LogP contribution in [0.2, 0.25) is 0 Å². The van der Waals surface area contributed by atoms with Gasteiger partial charge in [-0.1, -0.05) is 19.9 Å². The van der Waals surface area contributed by atoms with E-state index >= 15 is 0 Å². The smallest absolute Gasteiger partial charge is 0.191 e. The topological polar surface area (TPSA) is 79.1 Å². The predicted octanol–water partition coefficient (Wildman–Crippen LogP) is 1.57. The van der Waals surface area contributed by atoms with Crippen LogP contribution in [-0.4, -0.2) is 77.4 Å². The van der Waals surface area contributed by atoms with Crippen LogP contribution in [0.5, 0.6) is 0 Å². The van der Waals surface area contributed by atoms with Crippen LogP contribution in [0.4, 0.5) is 0 Å². The van der Waals surface area contributed by atoms with Crippen LogP contribution < -0.4 is 10.6 Å². The van der Waals surface area contributed by atoms with Crippen LogP contribution in [0, 0.1) is 5.92 Å². The molecule has 0 spiro atoms. The van der Waals surface area contributed by atoms with Crippen LogP contribution in [0.3, 0.4) is 0 Å². The van der Waals surface area contributed by atoms with Gasteiger partial charge in [-0.2, -0.15) is 0 Å². The van der Waals surface area contributed by atoms with E-state index in [1.54, 1.807) is 0 Å². The fourth-order valence-corrected chi connectivity index (χ4v) is 3.62. The lowest BCUT2D eigenvalue weighted by molar-refractivity contribution is -0.0261. The normalized spacial score (nSPS) is 18.5. The lowest BCUT2D eigenvalue weighted by Gasteiger charge is -2.33. The van der Waals surface area contributed by atoms with Gasteiger partial charge in [0.05, 0.1) is 19.3 Å². The largest absolute Gasteiger partial charge is 0.374 e. The summed E-state index contributed by atoms with van der Waals surface area (Å²) in [6.45, 7) is 12.9. The Hall–Kier alpha value is -2.19. The first-order valence-corrected chi connectivity index (χ1v) is 10.8. The summed E-state index contributed by atoms with van der Waals surface area (Å²) in [5, 5.41) is 15.2. The van der Waals surface area contributed by atoms with E-state index in [0.717, 1.165) is 69.6 Å². The number of nitrogens with one attached hydrogen (secondary N) is 2. The number of aromatic nitrogens is 3. The zero-order chi connectivity index (χ0) is 20.5. The zero-order valence-electron chi connectivity index (χ0n) is 18.0. The third kappa shape index (κ3) is 6.68. The fourth-order valence-electron chi connectivity index (χ4n) is 3.62. The molecule has 8 nitrogen and oxygen atoms in total. The average molecular weight is 402 g/mol. The number of pyridine rings is 1. The van der Waals surface area contributed by atoms with Crippen molar-refractivity contribution < 1.29 is 4.74 Å². The highest BCUT2D eigenvalue weighted by atomic mass is 16.5. The van der Waals surface area contributed by atoms with Crippen molar-refractivity contribution >= 4 is 11.6 Å². The summed E-state index contributed by atoms with van der Waals surface area (Å²) in [6.07, 6.45) is 4.01. The molecule has 2 N–H and O–H groups in total. The average Bonchev–Trinajstić information content (AvgIpc) is 3.12. The van der Waals surface area contributed by atoms with Gasteiger partial charge in [-0.25, -0.2) is 0 Å². The summed E-state index contributed by atoms with van der Waals surface area (Å²) < 4.78 is 7.96. The molecule has 0 aromatic carbocycles. The predicted molar refractivity (Wildman–Crippen MR) is 116 cm³/mol. The first-order chi connectivity index (χ1) is 14.2. The summed E-state index contributed by atoms with van der Waals surface area (Å²) in [5.74, 6) is 2.52. The Morgan fingerprint density at radius 2 is 2.21 bits per heavy atom. The number of morpholine rings is 1. The second-order valence-electron chi connectivity index (χ2n) is 7.94. The molecule has 1 aliphatic heterocycles. The van der Waals surface area contributed by atoms with Gasteiger partial charge in [0.15, 0.2) is 11.6 Å². The molecule has 0 bridgehead atoms. The maximum Gasteiger partial charge on any atom is 0.191 e. The van der Waals surface area contributed by atoms with E-state index in [1.165, 1.54) is 0 Å². The third-order valence-electron chi connectivity index (χ3n) is 4.90. The number of aliphatic imine (C=N–C) groups is 1. The minimum absolute atomic E-state index is 0.167. The van der Waals surface area contributed by atoms with E-state index in [0.29, 0.717) is 12.5 Å². The first kappa shape index (κ1) is 21.5. The minimum Gasteiger partial charge on any atom is -0.374 e. The lowest BCUT2D eigenvalue weighted by Crippen LogP contribution is -2.46. The van der Waals surface area contributed by atoms with Crippen molar-refractivity contribution in [2.24, 2.45) is 10.9 Å². The van der Waals surface area contributed by atoms with E-state index in [1.807, 2.05) is 28.8 Å². The van der Waals surface area contributed by atoms with Crippen molar-refractivity contribution in [2.75, 3.05) is 45.9 Å². The summed E-state index contributed by atoms with van der Waals surface area (Å²) in [6, 6.07) is 5.95. The van der Waals surface area contributed by atoms with E-state index < -0.39 is 0 Å². The molecule has 0 saturated carbocycles. The van der Waals surface area contributed by atoms with Crippen LogP contribution in [0.25, 0.3) is 5.65 Å². The van der Waals surface area contributed by atoms with E-state index in [2.05, 4.69) is 46.5 Å². The standard InChI is InChI=1S/C21H35N7O/c1-4-22-21(24-14-18-16-27(12-13-29-18)15-17(2)3)23-10-7-9-20-26-25-19-8-5-6-11-28(19)20/h5-6,8,11,17-18H,4,7,9-10,12-16H2,1-3H3,(H2,22,23,24). The first-order valence-electron chi connectivity index (χ1n) is 10.8. The third-order valence-corrected chi connectivity index (χ3v) is 4.90. The van der Waals surface area contributed by atoms with Crippen molar-refractivity contribution in [1.29, 1.82) is 0 Å². The van der Waals surface area contributed by atoms with Crippen molar-refractivity contribution in [3.63, 3.8) is 0 Å². The van der Waals surface area contributed by atoms with Gasteiger partial charge in [0, 0.05) is 45.3 Å². The molecule has 8 heteroatoms. The molecule has 0 amide bonds. The van der Waals surface area contributed by atoms with E-state index in [4.69, 9.17) is 9.73 Å². The van der Waals surface area contributed by atoms with Crippen molar-refractivity contribution in [3.05, 3.63) is 30.2 Å². The van der Waals surface area contributed by atoms with Gasteiger partial charge in [-0.15, -0.1) is 10.2 Å². The molecule has 0 aliphatic carbocycles. The number of nitrogens with zero attached hydrogens (tertiary/aromatic N) is 5. The van der Waals surface area contributed by atoms with Crippen LogP contribution in [0.1, 0.15) is 33.0 Å². The minimum atomic E-state index is 0.167. The highest BCUT2D eigenvalue weighted by molar-refractivity contribution is 5.79. The summed E-state index contributed by atoms with van der Waals surface area (Å²) in [5.41, 5.74) is 0.893. The van der Waals surface area contributed by atoms with E-state index in [9.17, 15) is 0 Å². The van der Waals surface area contributed by atoms with Crippen molar-refractivity contribution in [2.45, 2.75) is 39.7 Å². The Labute approximate surface area is 173 Å². The molecular weight excluding hydrogens is 366 g/mol. The number of guanidine groups is 1. The fraction of sp³-hybridized carbons (Fsp3) is 0.667. The number of fused-ring (bicyclic) bond motifs is 1. The van der Waals surface area contributed by atoms with E-state index in [-0.39, 0.29) is 6.10 Å². The number of hydrogen-bond acceptors (Lipinski definition) is 5. The molecule has 1 unspecified atom stereocenters. The molecule has 2 aromatic heterocycles. The Bertz CT molecular complexity index is 773. The molecule has 1 atom stereocenters. The molecule has 1 fully saturated rings. The lowest BCUT2D eigenvalue weighted by atomic mass is 10.2. The maximum absolute atomic E-state index is 5.91. The van der Waals surface area contributed by atoms with Crippen LogP contribution in [0.15, 0.2) is 29.4 Å². The van der Waals surface area contributed by atoms with Gasteiger partial charge >= 0.3 is 0 Å². The highest BCUT2D eigenvalue weighted by Crippen LogP contribution is 2.08. The summed E-state index contributed by atoms with van der Waals surface area (Å²) >= 11 is 0. The molecular formula is C21H35N7O. The van der Waals surface area contributed by atoms with Crippen LogP contribution in [-0.2, 0) is 11.2 Å². The Balaban J connectivity index is 1.44. The Kier molecular flexibility index (Phi) is 8.25. The molecule has 2 aromatic rings. The monoisotopic (exact) mass is 401 g/mol. The van der Waals surface area contributed by atoms with Gasteiger partial charge in [-0.3, -0.25) is 14.3 Å². The molecule has 160 valence electrons. The number of aryl methyl sites for hydroxylation is 1. The molecule has 1 aliphatic rings. The van der Waals surface area contributed by atoms with Crippen LogP contribution >= 0.6 is 0 Å².